The molecular formula is C21H20N2O4. The SMILES string of the molecule is COC(=O)c1cc2oc(C)cc2n1Cc1nc(-c2cccc(C)c2)oc1C. The zero-order valence-electron chi connectivity index (χ0n) is 15.7. The number of carbonyl (C=O) groups is 1. The highest BCUT2D eigenvalue weighted by Gasteiger charge is 2.21. The predicted octanol–water partition coefficient (Wildman–Crippen LogP) is 4.65. The normalized spacial score (nSPS) is 11.3. The molecular weight excluding hydrogens is 344 g/mol. The summed E-state index contributed by atoms with van der Waals surface area (Å²) in [7, 11) is 1.37. The third-order valence-electron chi connectivity index (χ3n) is 4.57. The lowest BCUT2D eigenvalue weighted by atomic mass is 10.1. The van der Waals surface area contributed by atoms with E-state index >= 15 is 0 Å². The molecule has 0 aliphatic heterocycles. The fraction of sp³-hybridized carbons (Fsp3) is 0.238. The minimum atomic E-state index is -0.417. The van der Waals surface area contributed by atoms with E-state index in [1.54, 1.807) is 6.07 Å². The first-order valence-electron chi connectivity index (χ1n) is 8.67. The fourth-order valence-electron chi connectivity index (χ4n) is 3.24. The minimum Gasteiger partial charge on any atom is -0.464 e. The number of hydrogen-bond acceptors (Lipinski definition) is 5. The van der Waals surface area contributed by atoms with Gasteiger partial charge in [0.2, 0.25) is 5.89 Å². The van der Waals surface area contributed by atoms with Gasteiger partial charge in [-0.25, -0.2) is 9.78 Å². The van der Waals surface area contributed by atoms with Gasteiger partial charge in [-0.05, 0) is 32.9 Å². The van der Waals surface area contributed by atoms with Gasteiger partial charge < -0.3 is 18.1 Å². The van der Waals surface area contributed by atoms with Crippen LogP contribution in [0, 0.1) is 20.8 Å². The summed E-state index contributed by atoms with van der Waals surface area (Å²) in [5.74, 6) is 1.64. The monoisotopic (exact) mass is 364 g/mol. The number of rotatable bonds is 4. The molecule has 0 radical (unpaired) electrons. The Bertz CT molecular complexity index is 1150. The zero-order valence-corrected chi connectivity index (χ0v) is 15.7. The number of nitrogens with zero attached hydrogens (tertiary/aromatic N) is 2. The number of ether oxygens (including phenoxy) is 1. The summed E-state index contributed by atoms with van der Waals surface area (Å²) in [6.45, 7) is 6.16. The average molecular weight is 364 g/mol. The second-order valence-electron chi connectivity index (χ2n) is 6.61. The predicted molar refractivity (Wildman–Crippen MR) is 101 cm³/mol. The standard InChI is InChI=1S/C21H20N2O4/c1-12-6-5-7-15(8-12)20-22-16(14(3)27-20)11-23-17-9-13(2)26-19(17)10-18(23)21(24)25-4/h5-10H,11H2,1-4H3. The van der Waals surface area contributed by atoms with Crippen molar-refractivity contribution >= 4 is 17.1 Å². The van der Waals surface area contributed by atoms with Crippen LogP contribution in [0.4, 0.5) is 0 Å². The molecule has 6 heteroatoms. The highest BCUT2D eigenvalue weighted by Crippen LogP contribution is 2.28. The van der Waals surface area contributed by atoms with E-state index in [-0.39, 0.29) is 0 Å². The van der Waals surface area contributed by atoms with Gasteiger partial charge in [-0.3, -0.25) is 0 Å². The van der Waals surface area contributed by atoms with Crippen LogP contribution in [0.25, 0.3) is 22.6 Å². The van der Waals surface area contributed by atoms with Crippen molar-refractivity contribution in [3.63, 3.8) is 0 Å². The molecule has 6 nitrogen and oxygen atoms in total. The Morgan fingerprint density at radius 2 is 1.96 bits per heavy atom. The maximum absolute atomic E-state index is 12.2. The maximum atomic E-state index is 12.2. The van der Waals surface area contributed by atoms with Crippen LogP contribution in [0.3, 0.4) is 0 Å². The highest BCUT2D eigenvalue weighted by molar-refractivity contribution is 5.94. The van der Waals surface area contributed by atoms with Crippen molar-refractivity contribution < 1.29 is 18.4 Å². The quantitative estimate of drug-likeness (QED) is 0.493. The molecule has 4 rings (SSSR count). The minimum absolute atomic E-state index is 0.383. The molecule has 0 spiro atoms. The van der Waals surface area contributed by atoms with Crippen LogP contribution in [-0.4, -0.2) is 22.6 Å². The molecule has 0 fully saturated rings. The van der Waals surface area contributed by atoms with Gasteiger partial charge in [-0.1, -0.05) is 17.7 Å². The number of carbonyl (C=O) groups excluding carboxylic acids is 1. The third-order valence-corrected chi connectivity index (χ3v) is 4.57. The zero-order chi connectivity index (χ0) is 19.1. The molecule has 0 bridgehead atoms. The van der Waals surface area contributed by atoms with Crippen LogP contribution < -0.4 is 0 Å². The summed E-state index contributed by atoms with van der Waals surface area (Å²) in [6.07, 6.45) is 0. The molecule has 0 unspecified atom stereocenters. The fourth-order valence-corrected chi connectivity index (χ4v) is 3.24. The molecule has 0 atom stereocenters. The van der Waals surface area contributed by atoms with Crippen molar-refractivity contribution in [3.8, 4) is 11.5 Å². The third kappa shape index (κ3) is 3.03. The van der Waals surface area contributed by atoms with Gasteiger partial charge >= 0.3 is 5.97 Å². The van der Waals surface area contributed by atoms with E-state index in [1.807, 2.05) is 55.7 Å². The van der Waals surface area contributed by atoms with Crippen molar-refractivity contribution in [3.05, 3.63) is 64.9 Å². The number of oxazole rings is 1. The Morgan fingerprint density at radius 1 is 1.15 bits per heavy atom. The van der Waals surface area contributed by atoms with E-state index in [2.05, 4.69) is 4.98 Å². The number of aromatic nitrogens is 2. The first kappa shape index (κ1) is 17.1. The van der Waals surface area contributed by atoms with Crippen molar-refractivity contribution in [2.45, 2.75) is 27.3 Å². The molecule has 4 aromatic rings. The Kier molecular flexibility index (Phi) is 4.11. The summed E-state index contributed by atoms with van der Waals surface area (Å²) >= 11 is 0. The van der Waals surface area contributed by atoms with Crippen LogP contribution in [-0.2, 0) is 11.3 Å². The van der Waals surface area contributed by atoms with Gasteiger partial charge in [0.15, 0.2) is 5.58 Å². The van der Waals surface area contributed by atoms with Gasteiger partial charge in [0, 0.05) is 17.7 Å². The van der Waals surface area contributed by atoms with E-state index in [4.69, 9.17) is 13.6 Å². The molecule has 27 heavy (non-hydrogen) atoms. The second-order valence-corrected chi connectivity index (χ2v) is 6.61. The van der Waals surface area contributed by atoms with Gasteiger partial charge in [-0.15, -0.1) is 0 Å². The van der Waals surface area contributed by atoms with Crippen molar-refractivity contribution in [2.75, 3.05) is 7.11 Å². The maximum Gasteiger partial charge on any atom is 0.354 e. The summed E-state index contributed by atoms with van der Waals surface area (Å²) in [5.41, 5.74) is 4.72. The number of benzene rings is 1. The van der Waals surface area contributed by atoms with E-state index in [1.165, 1.54) is 7.11 Å². The van der Waals surface area contributed by atoms with Crippen molar-refractivity contribution in [1.82, 2.24) is 9.55 Å². The number of furan rings is 1. The number of esters is 1. The van der Waals surface area contributed by atoms with E-state index < -0.39 is 5.97 Å². The van der Waals surface area contributed by atoms with E-state index in [0.29, 0.717) is 29.5 Å². The molecule has 0 N–H and O–H groups in total. The Balaban J connectivity index is 1.77. The number of fused-ring (bicyclic) bond motifs is 1. The average Bonchev–Trinajstić information content (AvgIpc) is 3.28. The molecule has 138 valence electrons. The van der Waals surface area contributed by atoms with Crippen LogP contribution >= 0.6 is 0 Å². The Hall–Kier alpha value is -3.28. The number of methoxy groups -OCH3 is 1. The lowest BCUT2D eigenvalue weighted by Crippen LogP contribution is -2.12. The van der Waals surface area contributed by atoms with Gasteiger partial charge in [0.1, 0.15) is 22.9 Å². The topological polar surface area (TPSA) is 70.4 Å². The van der Waals surface area contributed by atoms with Crippen LogP contribution in [0.15, 0.2) is 45.2 Å². The molecule has 3 aromatic heterocycles. The van der Waals surface area contributed by atoms with Gasteiger partial charge in [0.05, 0.1) is 19.2 Å². The molecule has 1 aromatic carbocycles. The molecule has 0 saturated heterocycles. The van der Waals surface area contributed by atoms with E-state index in [0.717, 1.165) is 28.1 Å². The second kappa shape index (κ2) is 6.46. The highest BCUT2D eigenvalue weighted by atomic mass is 16.5. The Labute approximate surface area is 156 Å². The number of aryl methyl sites for hydroxylation is 3. The summed E-state index contributed by atoms with van der Waals surface area (Å²) in [5, 5.41) is 0. The largest absolute Gasteiger partial charge is 0.464 e. The molecule has 0 aliphatic carbocycles. The number of hydrogen-bond donors (Lipinski definition) is 0. The smallest absolute Gasteiger partial charge is 0.354 e. The first-order chi connectivity index (χ1) is 13.0. The lowest BCUT2D eigenvalue weighted by Gasteiger charge is -2.07. The van der Waals surface area contributed by atoms with Crippen LogP contribution in [0.2, 0.25) is 0 Å². The van der Waals surface area contributed by atoms with Crippen LogP contribution in [0.1, 0.15) is 33.3 Å². The molecule has 3 heterocycles. The molecule has 0 amide bonds. The molecule has 0 saturated carbocycles. The van der Waals surface area contributed by atoms with Crippen molar-refractivity contribution in [1.29, 1.82) is 0 Å². The summed E-state index contributed by atoms with van der Waals surface area (Å²) in [4.78, 5) is 16.9. The van der Waals surface area contributed by atoms with Crippen LogP contribution in [0.5, 0.6) is 0 Å². The first-order valence-corrected chi connectivity index (χ1v) is 8.67. The van der Waals surface area contributed by atoms with Gasteiger partial charge in [-0.2, -0.15) is 0 Å². The lowest BCUT2D eigenvalue weighted by molar-refractivity contribution is 0.0589. The Morgan fingerprint density at radius 3 is 2.70 bits per heavy atom. The van der Waals surface area contributed by atoms with Crippen molar-refractivity contribution in [2.24, 2.45) is 0 Å². The molecule has 0 aliphatic rings. The summed E-state index contributed by atoms with van der Waals surface area (Å²) < 4.78 is 18.3. The van der Waals surface area contributed by atoms with Gasteiger partial charge in [0.25, 0.3) is 0 Å². The summed E-state index contributed by atoms with van der Waals surface area (Å²) in [6, 6.07) is 11.6. The van der Waals surface area contributed by atoms with E-state index in [9.17, 15) is 4.79 Å².